The zero-order chi connectivity index (χ0) is 12.5. The first-order valence-electron chi connectivity index (χ1n) is 5.28. The molecule has 18 heavy (non-hydrogen) atoms. The minimum atomic E-state index is 0.504. The molecule has 0 radical (unpaired) electrons. The molecule has 3 heterocycles. The minimum absolute atomic E-state index is 0.504. The third kappa shape index (κ3) is 1.32. The highest BCUT2D eigenvalue weighted by Gasteiger charge is 2.36. The van der Waals surface area contributed by atoms with E-state index in [9.17, 15) is 0 Å². The van der Waals surface area contributed by atoms with Gasteiger partial charge in [0.05, 0.1) is 0 Å². The maximum absolute atomic E-state index is 4.78. The van der Waals surface area contributed by atoms with Gasteiger partial charge in [0.1, 0.15) is 0 Å². The molecule has 8 nitrogen and oxygen atoms in total. The Hall–Kier alpha value is -2.64. The molecular weight excluding hydrogens is 236 g/mol. The summed E-state index contributed by atoms with van der Waals surface area (Å²) in [5.74, 6) is 2.22. The molecule has 0 fully saturated rings. The van der Waals surface area contributed by atoms with Gasteiger partial charge in [-0.3, -0.25) is 9.80 Å². The van der Waals surface area contributed by atoms with Gasteiger partial charge < -0.3 is 0 Å². The molecule has 0 N–H and O–H groups in total. The number of aromatic nitrogens is 4. The summed E-state index contributed by atoms with van der Waals surface area (Å²) in [6.45, 7) is 8.40. The fourth-order valence-corrected chi connectivity index (χ4v) is 1.84. The minimum Gasteiger partial charge on any atom is -0.295 e. The van der Waals surface area contributed by atoms with Gasteiger partial charge in [-0.15, -0.1) is 13.2 Å². The van der Waals surface area contributed by atoms with Crippen LogP contribution in [0.4, 0.5) is 23.3 Å². The molecule has 2 aromatic heterocycles. The monoisotopic (exact) mass is 246 g/mol. The molecule has 1 aliphatic heterocycles. The lowest BCUT2D eigenvalue weighted by Crippen LogP contribution is -2.30. The van der Waals surface area contributed by atoms with E-state index in [-0.39, 0.29) is 0 Å². The van der Waals surface area contributed by atoms with E-state index < -0.39 is 0 Å². The first-order valence-corrected chi connectivity index (χ1v) is 5.28. The molecule has 0 saturated carbocycles. The van der Waals surface area contributed by atoms with Gasteiger partial charge >= 0.3 is 0 Å². The molecule has 0 aliphatic carbocycles. The second-order valence-electron chi connectivity index (χ2n) is 3.62. The van der Waals surface area contributed by atoms with E-state index in [2.05, 4.69) is 33.8 Å². The van der Waals surface area contributed by atoms with Gasteiger partial charge in [-0.2, -0.15) is 0 Å². The van der Waals surface area contributed by atoms with Crippen LogP contribution in [0.15, 0.2) is 34.6 Å². The highest BCUT2D eigenvalue weighted by Crippen LogP contribution is 2.43. The standard InChI is InChI=1S/C10H10N6O2/c1-3-5-15-7-9(13-17-11-7)16(6-4-2)10-8(15)12-18-14-10/h3-4H,1-2,5-6H2. The van der Waals surface area contributed by atoms with Gasteiger partial charge in [0, 0.05) is 13.1 Å². The smallest absolute Gasteiger partial charge is 0.224 e. The number of hydrogen-bond donors (Lipinski definition) is 0. The zero-order valence-electron chi connectivity index (χ0n) is 9.48. The normalized spacial score (nSPS) is 13.1. The van der Waals surface area contributed by atoms with Crippen LogP contribution in [0, 0.1) is 0 Å². The van der Waals surface area contributed by atoms with Crippen LogP contribution in [-0.4, -0.2) is 33.7 Å². The van der Waals surface area contributed by atoms with Gasteiger partial charge in [0.25, 0.3) is 0 Å². The fourth-order valence-electron chi connectivity index (χ4n) is 1.84. The molecule has 0 saturated heterocycles. The summed E-state index contributed by atoms with van der Waals surface area (Å²) in [6.07, 6.45) is 3.44. The zero-order valence-corrected chi connectivity index (χ0v) is 9.48. The van der Waals surface area contributed by atoms with E-state index in [1.807, 2.05) is 0 Å². The van der Waals surface area contributed by atoms with E-state index in [1.54, 1.807) is 22.0 Å². The summed E-state index contributed by atoms with van der Waals surface area (Å²) < 4.78 is 9.57. The maximum Gasteiger partial charge on any atom is 0.224 e. The van der Waals surface area contributed by atoms with Crippen molar-refractivity contribution < 1.29 is 9.26 Å². The second kappa shape index (κ2) is 3.99. The predicted molar refractivity (Wildman–Crippen MR) is 63.0 cm³/mol. The molecule has 0 spiro atoms. The van der Waals surface area contributed by atoms with Crippen LogP contribution in [0.5, 0.6) is 0 Å². The van der Waals surface area contributed by atoms with Gasteiger partial charge in [0.2, 0.25) is 23.3 Å². The van der Waals surface area contributed by atoms with E-state index in [1.165, 1.54) is 0 Å². The Morgan fingerprint density at radius 3 is 1.39 bits per heavy atom. The lowest BCUT2D eigenvalue weighted by atomic mass is 10.3. The first kappa shape index (κ1) is 10.5. The summed E-state index contributed by atoms with van der Waals surface area (Å²) >= 11 is 0. The van der Waals surface area contributed by atoms with Crippen molar-refractivity contribution in [2.45, 2.75) is 0 Å². The van der Waals surface area contributed by atoms with Crippen molar-refractivity contribution in [1.82, 2.24) is 20.6 Å². The lowest BCUT2D eigenvalue weighted by molar-refractivity contribution is 0.303. The van der Waals surface area contributed by atoms with Crippen LogP contribution in [0.25, 0.3) is 0 Å². The number of hydrogen-bond acceptors (Lipinski definition) is 8. The quantitative estimate of drug-likeness (QED) is 0.749. The third-order valence-corrected chi connectivity index (χ3v) is 2.56. The fraction of sp³-hybridized carbons (Fsp3) is 0.200. The van der Waals surface area contributed by atoms with Crippen molar-refractivity contribution in [3.8, 4) is 0 Å². The highest BCUT2D eigenvalue weighted by molar-refractivity contribution is 5.85. The summed E-state index contributed by atoms with van der Waals surface area (Å²) in [4.78, 5) is 3.54. The van der Waals surface area contributed by atoms with Crippen molar-refractivity contribution in [3.05, 3.63) is 25.3 Å². The van der Waals surface area contributed by atoms with Crippen LogP contribution >= 0.6 is 0 Å². The first-order chi connectivity index (χ1) is 8.86. The molecule has 3 rings (SSSR count). The van der Waals surface area contributed by atoms with E-state index >= 15 is 0 Å². The molecule has 0 amide bonds. The maximum atomic E-state index is 4.78. The molecular formula is C10H10N6O2. The van der Waals surface area contributed by atoms with Crippen molar-refractivity contribution in [1.29, 1.82) is 0 Å². The Balaban J connectivity index is 2.14. The van der Waals surface area contributed by atoms with Crippen molar-refractivity contribution in [3.63, 3.8) is 0 Å². The molecule has 92 valence electrons. The van der Waals surface area contributed by atoms with E-state index in [4.69, 9.17) is 9.26 Å². The Labute approximate surface area is 102 Å². The van der Waals surface area contributed by atoms with Gasteiger partial charge in [-0.05, 0) is 20.6 Å². The van der Waals surface area contributed by atoms with Crippen LogP contribution in [-0.2, 0) is 0 Å². The van der Waals surface area contributed by atoms with E-state index in [0.29, 0.717) is 36.4 Å². The van der Waals surface area contributed by atoms with E-state index in [0.717, 1.165) is 0 Å². The van der Waals surface area contributed by atoms with Gasteiger partial charge in [-0.25, -0.2) is 9.26 Å². The average Bonchev–Trinajstić information content (AvgIpc) is 3.01. The topological polar surface area (TPSA) is 84.3 Å². The Morgan fingerprint density at radius 1 is 0.778 bits per heavy atom. The van der Waals surface area contributed by atoms with Crippen LogP contribution < -0.4 is 9.80 Å². The van der Waals surface area contributed by atoms with Crippen molar-refractivity contribution in [2.24, 2.45) is 0 Å². The molecule has 0 unspecified atom stereocenters. The predicted octanol–water partition coefficient (Wildman–Crippen LogP) is 1.41. The molecule has 0 aromatic carbocycles. The van der Waals surface area contributed by atoms with Gasteiger partial charge in [-0.1, -0.05) is 12.2 Å². The number of fused-ring (bicyclic) bond motifs is 2. The Kier molecular flexibility index (Phi) is 2.33. The van der Waals surface area contributed by atoms with Crippen molar-refractivity contribution in [2.75, 3.05) is 22.9 Å². The summed E-state index contributed by atoms with van der Waals surface area (Å²) in [7, 11) is 0. The largest absolute Gasteiger partial charge is 0.295 e. The number of anilines is 4. The summed E-state index contributed by atoms with van der Waals surface area (Å²) in [5.41, 5.74) is 0. The van der Waals surface area contributed by atoms with Crippen LogP contribution in [0.3, 0.4) is 0 Å². The van der Waals surface area contributed by atoms with Crippen molar-refractivity contribution >= 4 is 23.3 Å². The molecule has 0 bridgehead atoms. The third-order valence-electron chi connectivity index (χ3n) is 2.56. The lowest BCUT2D eigenvalue weighted by Gasteiger charge is -2.28. The van der Waals surface area contributed by atoms with Crippen LogP contribution in [0.2, 0.25) is 0 Å². The van der Waals surface area contributed by atoms with Crippen LogP contribution in [0.1, 0.15) is 0 Å². The Morgan fingerprint density at radius 2 is 1.11 bits per heavy atom. The number of rotatable bonds is 4. The SMILES string of the molecule is C=CCN1c2nonc2N(CC=C)c2nonc21. The molecule has 2 aromatic rings. The number of nitrogens with zero attached hydrogens (tertiary/aromatic N) is 6. The highest BCUT2D eigenvalue weighted by atomic mass is 16.6. The second-order valence-corrected chi connectivity index (χ2v) is 3.62. The molecule has 1 aliphatic rings. The molecule has 0 atom stereocenters. The summed E-state index contributed by atoms with van der Waals surface area (Å²) in [6, 6.07) is 0. The Bertz CT molecular complexity index is 499. The summed E-state index contributed by atoms with van der Waals surface area (Å²) in [5, 5.41) is 15.5. The molecule has 8 heteroatoms. The van der Waals surface area contributed by atoms with Gasteiger partial charge in [0.15, 0.2) is 0 Å². The average molecular weight is 246 g/mol.